The molecule has 164 valence electrons. The van der Waals surface area contributed by atoms with Crippen molar-refractivity contribution in [3.63, 3.8) is 0 Å². The minimum absolute atomic E-state index is 0.00797. The van der Waals surface area contributed by atoms with Gasteiger partial charge in [0.05, 0.1) is 21.5 Å². The topological polar surface area (TPSA) is 136 Å². The highest BCUT2D eigenvalue weighted by atomic mass is 32.2. The zero-order valence-corrected chi connectivity index (χ0v) is 17.8. The SMILES string of the molecule is N#C/C(=C(\O)COC(=O)c1cccc(S(=O)(=O)N2CCCC2)c1)c1nc2ccccc2[nH]1. The van der Waals surface area contributed by atoms with Crippen LogP contribution in [0.15, 0.2) is 59.2 Å². The molecule has 0 radical (unpaired) electrons. The Labute approximate surface area is 184 Å². The smallest absolute Gasteiger partial charge is 0.338 e. The number of rotatable bonds is 6. The van der Waals surface area contributed by atoms with Gasteiger partial charge in [-0.25, -0.2) is 18.2 Å². The largest absolute Gasteiger partial charge is 0.507 e. The summed E-state index contributed by atoms with van der Waals surface area (Å²) in [5.41, 5.74) is 1.19. The lowest BCUT2D eigenvalue weighted by Crippen LogP contribution is -2.28. The molecule has 0 saturated carbocycles. The number of ether oxygens (including phenoxy) is 1. The van der Waals surface area contributed by atoms with E-state index in [1.807, 2.05) is 6.07 Å². The Morgan fingerprint density at radius 2 is 1.94 bits per heavy atom. The van der Waals surface area contributed by atoms with Crippen LogP contribution >= 0.6 is 0 Å². The highest BCUT2D eigenvalue weighted by Gasteiger charge is 2.28. The Balaban J connectivity index is 1.51. The normalized spacial score (nSPS) is 15.3. The number of esters is 1. The number of imidazole rings is 1. The van der Waals surface area contributed by atoms with Crippen molar-refractivity contribution < 1.29 is 23.1 Å². The van der Waals surface area contributed by atoms with Gasteiger partial charge in [0, 0.05) is 13.1 Å². The van der Waals surface area contributed by atoms with Gasteiger partial charge in [0.2, 0.25) is 10.0 Å². The second-order valence-electron chi connectivity index (χ2n) is 7.25. The summed E-state index contributed by atoms with van der Waals surface area (Å²) in [6.07, 6.45) is 1.61. The van der Waals surface area contributed by atoms with Crippen LogP contribution in [0.2, 0.25) is 0 Å². The molecule has 0 amide bonds. The lowest BCUT2D eigenvalue weighted by molar-refractivity contribution is 0.0502. The molecule has 2 aromatic carbocycles. The number of nitrogens with one attached hydrogen (secondary N) is 1. The lowest BCUT2D eigenvalue weighted by atomic mass is 10.2. The highest BCUT2D eigenvalue weighted by Crippen LogP contribution is 2.22. The molecule has 4 rings (SSSR count). The molecule has 32 heavy (non-hydrogen) atoms. The molecule has 2 heterocycles. The van der Waals surface area contributed by atoms with Gasteiger partial charge in [0.15, 0.2) is 11.6 Å². The highest BCUT2D eigenvalue weighted by molar-refractivity contribution is 7.89. The summed E-state index contributed by atoms with van der Waals surface area (Å²) in [5, 5.41) is 19.8. The predicted octanol–water partition coefficient (Wildman–Crippen LogP) is 3.00. The van der Waals surface area contributed by atoms with Gasteiger partial charge in [0.25, 0.3) is 0 Å². The van der Waals surface area contributed by atoms with Crippen LogP contribution in [0, 0.1) is 11.3 Å². The number of nitrogens with zero attached hydrogens (tertiary/aromatic N) is 3. The number of aliphatic hydroxyl groups is 1. The van der Waals surface area contributed by atoms with E-state index in [-0.39, 0.29) is 21.9 Å². The van der Waals surface area contributed by atoms with E-state index in [2.05, 4.69) is 9.97 Å². The third-order valence-corrected chi connectivity index (χ3v) is 7.03. The molecule has 1 aliphatic heterocycles. The fraction of sp³-hybridized carbons (Fsp3) is 0.227. The summed E-state index contributed by atoms with van der Waals surface area (Å²) < 4.78 is 31.9. The molecule has 1 aliphatic rings. The van der Waals surface area contributed by atoms with E-state index in [1.165, 1.54) is 28.6 Å². The maximum atomic E-state index is 12.7. The van der Waals surface area contributed by atoms with Crippen LogP contribution < -0.4 is 0 Å². The number of aromatic amines is 1. The van der Waals surface area contributed by atoms with Crippen molar-refractivity contribution in [3.8, 4) is 6.07 Å². The predicted molar refractivity (Wildman–Crippen MR) is 116 cm³/mol. The molecule has 3 aromatic rings. The van der Waals surface area contributed by atoms with Gasteiger partial charge < -0.3 is 14.8 Å². The van der Waals surface area contributed by atoms with E-state index in [1.54, 1.807) is 24.3 Å². The number of H-pyrrole nitrogens is 1. The summed E-state index contributed by atoms with van der Waals surface area (Å²) in [6, 6.07) is 14.6. The lowest BCUT2D eigenvalue weighted by Gasteiger charge is -2.15. The first-order chi connectivity index (χ1) is 15.4. The molecular formula is C22H20N4O5S. The first kappa shape index (κ1) is 21.5. The number of hydrogen-bond donors (Lipinski definition) is 2. The van der Waals surface area contributed by atoms with Crippen LogP contribution in [0.25, 0.3) is 16.6 Å². The fourth-order valence-corrected chi connectivity index (χ4v) is 5.04. The van der Waals surface area contributed by atoms with Gasteiger partial charge in [-0.15, -0.1) is 0 Å². The summed E-state index contributed by atoms with van der Waals surface area (Å²) in [6.45, 7) is 0.338. The maximum Gasteiger partial charge on any atom is 0.338 e. The van der Waals surface area contributed by atoms with Gasteiger partial charge in [-0.2, -0.15) is 9.57 Å². The number of nitriles is 1. The quantitative estimate of drug-likeness (QED) is 0.333. The molecule has 10 heteroatoms. The molecule has 0 spiro atoms. The van der Waals surface area contributed by atoms with E-state index in [9.17, 15) is 23.6 Å². The van der Waals surface area contributed by atoms with Gasteiger partial charge in [-0.3, -0.25) is 0 Å². The van der Waals surface area contributed by atoms with Crippen molar-refractivity contribution in [3.05, 3.63) is 65.7 Å². The van der Waals surface area contributed by atoms with Gasteiger partial charge in [0.1, 0.15) is 18.2 Å². The monoisotopic (exact) mass is 452 g/mol. The van der Waals surface area contributed by atoms with E-state index in [4.69, 9.17) is 4.74 Å². The van der Waals surface area contributed by atoms with Crippen molar-refractivity contribution in [2.24, 2.45) is 0 Å². The first-order valence-electron chi connectivity index (χ1n) is 9.95. The summed E-state index contributed by atoms with van der Waals surface area (Å²) in [5.74, 6) is -1.14. The number of carbonyl (C=O) groups excluding carboxylic acids is 1. The molecule has 9 nitrogen and oxygen atoms in total. The summed E-state index contributed by atoms with van der Waals surface area (Å²) >= 11 is 0. The molecular weight excluding hydrogens is 432 g/mol. The first-order valence-corrected chi connectivity index (χ1v) is 11.4. The zero-order chi connectivity index (χ0) is 22.7. The van der Waals surface area contributed by atoms with E-state index >= 15 is 0 Å². The Kier molecular flexibility index (Phi) is 5.94. The van der Waals surface area contributed by atoms with Crippen LogP contribution in [0.4, 0.5) is 0 Å². The van der Waals surface area contributed by atoms with Crippen molar-refractivity contribution >= 4 is 32.6 Å². The molecule has 0 atom stereocenters. The number of carbonyl (C=O) groups is 1. The molecule has 0 bridgehead atoms. The second-order valence-corrected chi connectivity index (χ2v) is 9.19. The Hall–Kier alpha value is -3.68. The van der Waals surface area contributed by atoms with Gasteiger partial charge >= 0.3 is 5.97 Å². The van der Waals surface area contributed by atoms with Crippen molar-refractivity contribution in [2.75, 3.05) is 19.7 Å². The Morgan fingerprint density at radius 3 is 2.66 bits per heavy atom. The van der Waals surface area contributed by atoms with E-state index < -0.39 is 28.4 Å². The Bertz CT molecular complexity index is 1310. The van der Waals surface area contributed by atoms with Crippen molar-refractivity contribution in [2.45, 2.75) is 17.7 Å². The average molecular weight is 452 g/mol. The minimum Gasteiger partial charge on any atom is -0.507 e. The maximum absolute atomic E-state index is 12.7. The molecule has 1 saturated heterocycles. The number of allylic oxidation sites excluding steroid dienone is 1. The van der Waals surface area contributed by atoms with E-state index in [0.717, 1.165) is 12.8 Å². The standard InChI is InChI=1S/C22H20N4O5S/c23-13-17(21-24-18-8-1-2-9-19(18)25-21)20(27)14-31-22(28)15-6-5-7-16(12-15)32(29,30)26-10-3-4-11-26/h1-2,5-9,12,27H,3-4,10-11,14H2,(H,24,25)/b20-17+. The number of benzene rings is 2. The number of hydrogen-bond acceptors (Lipinski definition) is 7. The zero-order valence-electron chi connectivity index (χ0n) is 17.0. The average Bonchev–Trinajstić information content (AvgIpc) is 3.48. The van der Waals surface area contributed by atoms with Crippen LogP contribution in [0.1, 0.15) is 29.0 Å². The third-order valence-electron chi connectivity index (χ3n) is 5.14. The van der Waals surface area contributed by atoms with Crippen LogP contribution in [0.3, 0.4) is 0 Å². The van der Waals surface area contributed by atoms with E-state index in [0.29, 0.717) is 24.1 Å². The van der Waals surface area contributed by atoms with Crippen LogP contribution in [0.5, 0.6) is 0 Å². The van der Waals surface area contributed by atoms with Gasteiger partial charge in [-0.1, -0.05) is 18.2 Å². The number of aromatic nitrogens is 2. The van der Waals surface area contributed by atoms with Crippen molar-refractivity contribution in [1.82, 2.24) is 14.3 Å². The van der Waals surface area contributed by atoms with Crippen LogP contribution in [-0.4, -0.2) is 53.5 Å². The molecule has 0 unspecified atom stereocenters. The Morgan fingerprint density at radius 1 is 1.19 bits per heavy atom. The number of fused-ring (bicyclic) bond motifs is 1. The van der Waals surface area contributed by atoms with Gasteiger partial charge in [-0.05, 0) is 43.2 Å². The fourth-order valence-electron chi connectivity index (χ4n) is 3.48. The summed E-state index contributed by atoms with van der Waals surface area (Å²) in [4.78, 5) is 19.7. The molecule has 0 aliphatic carbocycles. The molecule has 1 aromatic heterocycles. The third kappa shape index (κ3) is 4.21. The molecule has 2 N–H and O–H groups in total. The molecule has 1 fully saturated rings. The number of sulfonamides is 1. The minimum atomic E-state index is -3.68. The number of para-hydroxylation sites is 2. The summed E-state index contributed by atoms with van der Waals surface area (Å²) in [7, 11) is -3.68. The number of aliphatic hydroxyl groups excluding tert-OH is 1. The van der Waals surface area contributed by atoms with Crippen LogP contribution in [-0.2, 0) is 14.8 Å². The van der Waals surface area contributed by atoms with Crippen molar-refractivity contribution in [1.29, 1.82) is 5.26 Å². The second kappa shape index (κ2) is 8.82.